The number of carbonyl (C=O) groups is 1. The molecule has 3 fully saturated rings. The molecule has 5 aromatic rings. The van der Waals surface area contributed by atoms with Crippen molar-refractivity contribution in [1.29, 1.82) is 0 Å². The molecule has 2 aromatic heterocycles. The maximum absolute atomic E-state index is 14.9. The van der Waals surface area contributed by atoms with Gasteiger partial charge in [0.1, 0.15) is 61.7 Å². The number of aromatic nitrogens is 6. The van der Waals surface area contributed by atoms with Crippen molar-refractivity contribution in [2.45, 2.75) is 64.7 Å². The lowest BCUT2D eigenvalue weighted by atomic mass is 9.89. The van der Waals surface area contributed by atoms with Crippen molar-refractivity contribution >= 4 is 17.3 Å². The van der Waals surface area contributed by atoms with Crippen LogP contribution in [-0.4, -0.2) is 111 Å². The highest BCUT2D eigenvalue weighted by molar-refractivity contribution is 5.72. The molecule has 5 heterocycles. The summed E-state index contributed by atoms with van der Waals surface area (Å²) in [6.45, 7) is 11.8. The third-order valence-electron chi connectivity index (χ3n) is 11.3. The Bertz CT molecular complexity index is 2270. The molecule has 0 bridgehead atoms. The Kier molecular flexibility index (Phi) is 12.0. The van der Waals surface area contributed by atoms with E-state index >= 15 is 0 Å². The van der Waals surface area contributed by atoms with Crippen molar-refractivity contribution in [3.8, 4) is 11.4 Å². The molecule has 0 aliphatic carbocycles. The van der Waals surface area contributed by atoms with Crippen LogP contribution in [0.3, 0.4) is 0 Å². The van der Waals surface area contributed by atoms with Crippen LogP contribution in [0.5, 0.6) is 5.75 Å². The molecule has 3 aliphatic heterocycles. The van der Waals surface area contributed by atoms with Gasteiger partial charge in [0.15, 0.2) is 0 Å². The first kappa shape index (κ1) is 41.1. The molecular formula is C43H51F2N9O6. The molecule has 17 heteroatoms. The van der Waals surface area contributed by atoms with E-state index in [2.05, 4.69) is 29.9 Å². The van der Waals surface area contributed by atoms with E-state index in [1.807, 2.05) is 69.3 Å². The smallest absolute Gasteiger partial charge is 0.350 e. The summed E-state index contributed by atoms with van der Waals surface area (Å²) in [5.74, 6) is -2.63. The number of nitrogens with zero attached hydrogens (tertiary/aromatic N) is 9. The van der Waals surface area contributed by atoms with Crippen LogP contribution in [0.25, 0.3) is 5.69 Å². The van der Waals surface area contributed by atoms with Crippen molar-refractivity contribution in [3.05, 3.63) is 113 Å². The van der Waals surface area contributed by atoms with E-state index < -0.39 is 29.6 Å². The van der Waals surface area contributed by atoms with Gasteiger partial charge in [-0.1, -0.05) is 20.8 Å². The van der Waals surface area contributed by atoms with Crippen LogP contribution in [0.1, 0.15) is 39.2 Å². The highest BCUT2D eigenvalue weighted by Gasteiger charge is 2.46. The summed E-state index contributed by atoms with van der Waals surface area (Å²) in [7, 11) is 0. The number of rotatable bonds is 14. The molecule has 318 valence electrons. The van der Waals surface area contributed by atoms with Gasteiger partial charge < -0.3 is 28.7 Å². The minimum absolute atomic E-state index is 0.0206. The van der Waals surface area contributed by atoms with Crippen molar-refractivity contribution in [3.63, 3.8) is 0 Å². The van der Waals surface area contributed by atoms with E-state index in [1.54, 1.807) is 0 Å². The van der Waals surface area contributed by atoms with Crippen molar-refractivity contribution < 1.29 is 32.5 Å². The first-order chi connectivity index (χ1) is 28.9. The van der Waals surface area contributed by atoms with Crippen LogP contribution in [0, 0.1) is 17.0 Å². The largest absolute Gasteiger partial charge is 0.491 e. The molecule has 3 saturated heterocycles. The maximum Gasteiger partial charge on any atom is 0.350 e. The highest BCUT2D eigenvalue weighted by Crippen LogP contribution is 2.38. The highest BCUT2D eigenvalue weighted by atomic mass is 19.1. The van der Waals surface area contributed by atoms with Crippen molar-refractivity contribution in [2.24, 2.45) is 5.41 Å². The zero-order valence-corrected chi connectivity index (χ0v) is 34.2. The fourth-order valence-corrected chi connectivity index (χ4v) is 7.88. The first-order valence-electron chi connectivity index (χ1n) is 20.4. The monoisotopic (exact) mass is 827 g/mol. The zero-order chi connectivity index (χ0) is 41.9. The maximum atomic E-state index is 14.9. The summed E-state index contributed by atoms with van der Waals surface area (Å²) >= 11 is 0. The molecule has 0 amide bonds. The Morgan fingerprint density at radius 2 is 1.55 bits per heavy atom. The molecule has 3 aromatic carbocycles. The molecule has 0 saturated carbocycles. The van der Waals surface area contributed by atoms with Gasteiger partial charge in [0.25, 0.3) is 0 Å². The fraction of sp³-hybridized carbons (Fsp3) is 0.465. The lowest BCUT2D eigenvalue weighted by Gasteiger charge is -2.37. The van der Waals surface area contributed by atoms with Gasteiger partial charge in [0.05, 0.1) is 25.4 Å². The second kappa shape index (κ2) is 17.5. The minimum Gasteiger partial charge on any atom is -0.491 e. The van der Waals surface area contributed by atoms with Gasteiger partial charge in [-0.2, -0.15) is 10.2 Å². The Balaban J connectivity index is 0.823. The van der Waals surface area contributed by atoms with Gasteiger partial charge in [-0.25, -0.2) is 32.5 Å². The van der Waals surface area contributed by atoms with Gasteiger partial charge >= 0.3 is 11.7 Å². The Morgan fingerprint density at radius 1 is 0.883 bits per heavy atom. The third kappa shape index (κ3) is 9.37. The molecule has 3 aliphatic rings. The predicted molar refractivity (Wildman–Crippen MR) is 218 cm³/mol. The van der Waals surface area contributed by atoms with Crippen LogP contribution in [0.2, 0.25) is 0 Å². The number of esters is 1. The SMILES string of the molecule is CC(C)(C)C(Cn1ncn(-c2ccc(N3CCN(c4ccc(OCC5COC(Cn6cncn6)(c6ccc(F)cc6F)O5)cc4)CC3)cc2)c1=O)OC(=O)CN1CCCC1. The van der Waals surface area contributed by atoms with E-state index in [1.165, 1.54) is 45.0 Å². The number of ether oxygens (including phenoxy) is 4. The van der Waals surface area contributed by atoms with E-state index in [9.17, 15) is 18.4 Å². The van der Waals surface area contributed by atoms with Crippen LogP contribution in [-0.2, 0) is 37.9 Å². The van der Waals surface area contributed by atoms with E-state index in [-0.39, 0.29) is 55.5 Å². The number of hydrogen-bond donors (Lipinski definition) is 0. The molecule has 8 rings (SSSR count). The summed E-state index contributed by atoms with van der Waals surface area (Å²) in [4.78, 5) is 36.9. The number of anilines is 2. The lowest BCUT2D eigenvalue weighted by Crippen LogP contribution is -2.46. The van der Waals surface area contributed by atoms with Crippen LogP contribution in [0.15, 0.2) is 90.5 Å². The molecule has 3 atom stereocenters. The first-order valence-corrected chi connectivity index (χ1v) is 20.4. The lowest BCUT2D eigenvalue weighted by molar-refractivity contribution is -0.192. The van der Waals surface area contributed by atoms with Crippen molar-refractivity contribution in [2.75, 3.05) is 68.8 Å². The zero-order valence-electron chi connectivity index (χ0n) is 34.2. The second-order valence-corrected chi connectivity index (χ2v) is 16.6. The number of piperazine rings is 1. The van der Waals surface area contributed by atoms with Gasteiger partial charge in [0, 0.05) is 54.6 Å². The van der Waals surface area contributed by atoms with Gasteiger partial charge in [-0.3, -0.25) is 9.69 Å². The number of halogens is 2. The van der Waals surface area contributed by atoms with E-state index in [0.717, 1.165) is 69.6 Å². The molecule has 15 nitrogen and oxygen atoms in total. The summed E-state index contributed by atoms with van der Waals surface area (Å²) in [5, 5.41) is 8.49. The van der Waals surface area contributed by atoms with Crippen LogP contribution in [0.4, 0.5) is 20.2 Å². The standard InChI is InChI=1S/C43H51F2N9O6/c1-42(2,3)39(59-40(55)24-49-16-4-5-17-49)23-54-41(56)53(30-48-54)34-9-7-32(8-10-34)50-18-20-51(21-19-50)33-11-13-35(14-12-33)57-25-36-26-58-43(60-36,27-52-29-46-28-47-52)37-15-6-31(44)22-38(37)45/h6-15,22,28-30,36,39H,4-5,16-21,23-27H2,1-3H3. The number of likely N-dealkylation sites (tertiary alicyclic amines) is 1. The fourth-order valence-electron chi connectivity index (χ4n) is 7.88. The summed E-state index contributed by atoms with van der Waals surface area (Å²) in [5.41, 5.74) is 2.23. The number of carbonyl (C=O) groups excluding carboxylic acids is 1. The predicted octanol–water partition coefficient (Wildman–Crippen LogP) is 4.63. The molecule has 0 spiro atoms. The molecule has 0 N–H and O–H groups in total. The topological polar surface area (TPSA) is 134 Å². The summed E-state index contributed by atoms with van der Waals surface area (Å²) in [6, 6.07) is 19.1. The molecule has 0 radical (unpaired) electrons. The average molecular weight is 828 g/mol. The average Bonchev–Trinajstić information content (AvgIpc) is 4.08. The van der Waals surface area contributed by atoms with Gasteiger partial charge in [-0.15, -0.1) is 0 Å². The number of hydrogen-bond acceptors (Lipinski definition) is 12. The number of benzene rings is 3. The Labute approximate surface area is 347 Å². The van der Waals surface area contributed by atoms with E-state index in [4.69, 9.17) is 18.9 Å². The Morgan fingerprint density at radius 3 is 2.18 bits per heavy atom. The molecule has 60 heavy (non-hydrogen) atoms. The van der Waals surface area contributed by atoms with Crippen molar-refractivity contribution in [1.82, 2.24) is 34.0 Å². The molecular weight excluding hydrogens is 777 g/mol. The van der Waals surface area contributed by atoms with Gasteiger partial charge in [0.2, 0.25) is 5.79 Å². The van der Waals surface area contributed by atoms with Gasteiger partial charge in [-0.05, 0) is 86.6 Å². The second-order valence-electron chi connectivity index (χ2n) is 16.6. The third-order valence-corrected chi connectivity index (χ3v) is 11.3. The molecule has 3 unspecified atom stereocenters. The summed E-state index contributed by atoms with van der Waals surface area (Å²) < 4.78 is 57.3. The van der Waals surface area contributed by atoms with E-state index in [0.29, 0.717) is 11.4 Å². The summed E-state index contributed by atoms with van der Waals surface area (Å²) in [6.07, 6.45) is 5.50. The normalized spacial score (nSPS) is 20.4. The van der Waals surface area contributed by atoms with Crippen LogP contribution < -0.4 is 20.2 Å². The van der Waals surface area contributed by atoms with Crippen LogP contribution >= 0.6 is 0 Å². The minimum atomic E-state index is -1.53. The quantitative estimate of drug-likeness (QED) is 0.145. The Hall–Kier alpha value is -5.65.